The minimum Gasteiger partial charge on any atom is -0.381 e. The maximum atomic E-state index is 12.5. The molecule has 3 aromatic rings. The molecule has 4 rings (SSSR count). The monoisotopic (exact) mass is 395 g/mol. The first-order chi connectivity index (χ1) is 13.6. The van der Waals surface area contributed by atoms with Crippen molar-refractivity contribution >= 4 is 28.7 Å². The van der Waals surface area contributed by atoms with Gasteiger partial charge in [0.1, 0.15) is 0 Å². The van der Waals surface area contributed by atoms with Crippen molar-refractivity contribution in [3.05, 3.63) is 59.7 Å². The van der Waals surface area contributed by atoms with Gasteiger partial charge in [-0.15, -0.1) is 0 Å². The molecule has 0 spiro atoms. The number of carbonyl (C=O) groups excluding carboxylic acids is 1. The second kappa shape index (κ2) is 8.37. The standard InChI is InChI=1S/C22H25N3O2S/c1-16-7-8-18-19(13-16)25-21(24-18)28-14-20(26)23-15-22(9-11-27-12-10-22)17-5-3-2-4-6-17/h2-8,13H,9-12,14-15H2,1H3,(H,23,26)(H,24,25). The first-order valence-corrected chi connectivity index (χ1v) is 10.6. The molecule has 1 fully saturated rings. The Morgan fingerprint density at radius 3 is 2.79 bits per heavy atom. The number of aromatic amines is 1. The summed E-state index contributed by atoms with van der Waals surface area (Å²) in [5.74, 6) is 0.378. The highest BCUT2D eigenvalue weighted by atomic mass is 32.2. The maximum Gasteiger partial charge on any atom is 0.230 e. The van der Waals surface area contributed by atoms with Crippen LogP contribution in [0.25, 0.3) is 11.0 Å². The number of hydrogen-bond acceptors (Lipinski definition) is 4. The van der Waals surface area contributed by atoms with Crippen LogP contribution in [0.1, 0.15) is 24.0 Å². The van der Waals surface area contributed by atoms with Crippen LogP contribution in [-0.2, 0) is 14.9 Å². The van der Waals surface area contributed by atoms with Crippen molar-refractivity contribution in [1.29, 1.82) is 0 Å². The fraction of sp³-hybridized carbons (Fsp3) is 0.364. The summed E-state index contributed by atoms with van der Waals surface area (Å²) in [7, 11) is 0. The molecular formula is C22H25N3O2S. The molecule has 1 aliphatic rings. The summed E-state index contributed by atoms with van der Waals surface area (Å²) in [5, 5.41) is 3.93. The molecule has 28 heavy (non-hydrogen) atoms. The number of rotatable bonds is 6. The van der Waals surface area contributed by atoms with Crippen molar-refractivity contribution < 1.29 is 9.53 Å². The van der Waals surface area contributed by atoms with Gasteiger partial charge in [-0.05, 0) is 43.0 Å². The Morgan fingerprint density at radius 1 is 1.21 bits per heavy atom. The van der Waals surface area contributed by atoms with E-state index in [1.807, 2.05) is 18.2 Å². The molecule has 2 aromatic carbocycles. The second-order valence-corrected chi connectivity index (χ2v) is 8.35. The Kier molecular flexibility index (Phi) is 5.69. The number of benzene rings is 2. The topological polar surface area (TPSA) is 67.0 Å². The fourth-order valence-corrected chi connectivity index (χ4v) is 4.46. The quantitative estimate of drug-likeness (QED) is 0.623. The Hall–Kier alpha value is -2.31. The summed E-state index contributed by atoms with van der Waals surface area (Å²) < 4.78 is 5.57. The number of nitrogens with one attached hydrogen (secondary N) is 2. The molecule has 0 radical (unpaired) electrons. The number of ether oxygens (including phenoxy) is 1. The zero-order valence-electron chi connectivity index (χ0n) is 16.0. The van der Waals surface area contributed by atoms with Crippen LogP contribution in [0.5, 0.6) is 0 Å². The zero-order chi connectivity index (χ0) is 19.4. The molecule has 5 nitrogen and oxygen atoms in total. The first kappa shape index (κ1) is 19.0. The molecule has 0 atom stereocenters. The largest absolute Gasteiger partial charge is 0.381 e. The van der Waals surface area contributed by atoms with E-state index in [1.165, 1.54) is 22.9 Å². The molecule has 6 heteroatoms. The molecule has 0 unspecified atom stereocenters. The Balaban J connectivity index is 1.37. The third kappa shape index (κ3) is 4.23. The number of nitrogens with zero attached hydrogens (tertiary/aromatic N) is 1. The lowest BCUT2D eigenvalue weighted by atomic mass is 9.74. The highest BCUT2D eigenvalue weighted by Crippen LogP contribution is 2.34. The number of carbonyl (C=O) groups is 1. The van der Waals surface area contributed by atoms with Gasteiger partial charge in [0, 0.05) is 25.2 Å². The Morgan fingerprint density at radius 2 is 2.00 bits per heavy atom. The number of imidazole rings is 1. The van der Waals surface area contributed by atoms with E-state index < -0.39 is 0 Å². The van der Waals surface area contributed by atoms with Gasteiger partial charge >= 0.3 is 0 Å². The number of fused-ring (bicyclic) bond motifs is 1. The van der Waals surface area contributed by atoms with E-state index in [9.17, 15) is 4.79 Å². The van der Waals surface area contributed by atoms with Gasteiger partial charge in [-0.2, -0.15) is 0 Å². The molecule has 0 saturated carbocycles. The van der Waals surface area contributed by atoms with Crippen LogP contribution in [-0.4, -0.2) is 41.4 Å². The molecular weight excluding hydrogens is 370 g/mol. The van der Waals surface area contributed by atoms with Gasteiger partial charge in [0.15, 0.2) is 5.16 Å². The van der Waals surface area contributed by atoms with Gasteiger partial charge in [-0.25, -0.2) is 4.98 Å². The molecule has 2 heterocycles. The minimum absolute atomic E-state index is 0.0310. The van der Waals surface area contributed by atoms with Crippen molar-refractivity contribution in [3.8, 4) is 0 Å². The number of aryl methyl sites for hydroxylation is 1. The normalized spacial score (nSPS) is 16.2. The van der Waals surface area contributed by atoms with Crippen LogP contribution < -0.4 is 5.32 Å². The molecule has 0 aliphatic carbocycles. The SMILES string of the molecule is Cc1ccc2nc(SCC(=O)NCC3(c4ccccc4)CCOCC3)[nH]c2c1. The molecule has 1 aromatic heterocycles. The van der Waals surface area contributed by atoms with Crippen LogP contribution in [0.3, 0.4) is 0 Å². The highest BCUT2D eigenvalue weighted by molar-refractivity contribution is 7.99. The Bertz CT molecular complexity index is 949. The summed E-state index contributed by atoms with van der Waals surface area (Å²) in [6.45, 7) is 4.16. The summed E-state index contributed by atoms with van der Waals surface area (Å²) >= 11 is 1.44. The van der Waals surface area contributed by atoms with Gasteiger partial charge in [-0.1, -0.05) is 48.2 Å². The van der Waals surface area contributed by atoms with Crippen LogP contribution >= 0.6 is 11.8 Å². The van der Waals surface area contributed by atoms with E-state index in [0.717, 1.165) is 42.2 Å². The molecule has 1 saturated heterocycles. The molecule has 1 aliphatic heterocycles. The summed E-state index contributed by atoms with van der Waals surface area (Å²) in [4.78, 5) is 20.3. The van der Waals surface area contributed by atoms with Gasteiger partial charge in [0.05, 0.1) is 16.8 Å². The lowest BCUT2D eigenvalue weighted by Gasteiger charge is -2.38. The summed E-state index contributed by atoms with van der Waals surface area (Å²) in [6, 6.07) is 16.6. The van der Waals surface area contributed by atoms with Crippen molar-refractivity contribution in [2.75, 3.05) is 25.5 Å². The smallest absolute Gasteiger partial charge is 0.230 e. The fourth-order valence-electron chi connectivity index (χ4n) is 3.74. The van der Waals surface area contributed by atoms with E-state index in [4.69, 9.17) is 4.74 Å². The van der Waals surface area contributed by atoms with Crippen LogP contribution in [0, 0.1) is 6.92 Å². The third-order valence-corrected chi connectivity index (χ3v) is 6.29. The minimum atomic E-state index is -0.0449. The molecule has 0 bridgehead atoms. The van der Waals surface area contributed by atoms with Crippen LogP contribution in [0.2, 0.25) is 0 Å². The zero-order valence-corrected chi connectivity index (χ0v) is 16.8. The lowest BCUT2D eigenvalue weighted by Crippen LogP contribution is -2.45. The number of hydrogen-bond donors (Lipinski definition) is 2. The van der Waals surface area contributed by atoms with Crippen molar-refractivity contribution in [2.24, 2.45) is 0 Å². The van der Waals surface area contributed by atoms with Gasteiger partial charge in [0.25, 0.3) is 0 Å². The maximum absolute atomic E-state index is 12.5. The van der Waals surface area contributed by atoms with Crippen LogP contribution in [0.15, 0.2) is 53.7 Å². The van der Waals surface area contributed by atoms with E-state index in [-0.39, 0.29) is 11.3 Å². The number of aromatic nitrogens is 2. The summed E-state index contributed by atoms with van der Waals surface area (Å²) in [5.41, 5.74) is 4.36. The summed E-state index contributed by atoms with van der Waals surface area (Å²) in [6.07, 6.45) is 1.85. The average molecular weight is 396 g/mol. The molecule has 2 N–H and O–H groups in total. The molecule has 146 valence electrons. The van der Waals surface area contributed by atoms with E-state index >= 15 is 0 Å². The number of thioether (sulfide) groups is 1. The van der Waals surface area contributed by atoms with Crippen LogP contribution in [0.4, 0.5) is 0 Å². The van der Waals surface area contributed by atoms with E-state index in [1.54, 1.807) is 0 Å². The third-order valence-electron chi connectivity index (χ3n) is 5.42. The number of amides is 1. The van der Waals surface area contributed by atoms with Gasteiger partial charge < -0.3 is 15.0 Å². The van der Waals surface area contributed by atoms with Gasteiger partial charge in [-0.3, -0.25) is 4.79 Å². The van der Waals surface area contributed by atoms with E-state index in [0.29, 0.717) is 12.3 Å². The lowest BCUT2D eigenvalue weighted by molar-refractivity contribution is -0.119. The van der Waals surface area contributed by atoms with Crippen molar-refractivity contribution in [1.82, 2.24) is 15.3 Å². The predicted molar refractivity (Wildman–Crippen MR) is 113 cm³/mol. The van der Waals surface area contributed by atoms with E-state index in [2.05, 4.69) is 52.5 Å². The number of H-pyrrole nitrogens is 1. The van der Waals surface area contributed by atoms with Crippen molar-refractivity contribution in [2.45, 2.75) is 30.3 Å². The average Bonchev–Trinajstić information content (AvgIpc) is 3.14. The first-order valence-electron chi connectivity index (χ1n) is 9.64. The second-order valence-electron chi connectivity index (χ2n) is 7.39. The highest BCUT2D eigenvalue weighted by Gasteiger charge is 2.34. The van der Waals surface area contributed by atoms with Crippen molar-refractivity contribution in [3.63, 3.8) is 0 Å². The van der Waals surface area contributed by atoms with Gasteiger partial charge in [0.2, 0.25) is 5.91 Å². The predicted octanol–water partition coefficient (Wildman–Crippen LogP) is 3.83. The molecule has 1 amide bonds. The Labute approximate surface area is 169 Å².